The highest BCUT2D eigenvalue weighted by Crippen LogP contribution is 2.27. The highest BCUT2D eigenvalue weighted by atomic mass is 16.2. The molecule has 2 aromatic heterocycles. The molecule has 0 bridgehead atoms. The fraction of sp³-hybridized carbons (Fsp3) is 0.421. The van der Waals surface area contributed by atoms with Gasteiger partial charge in [-0.25, -0.2) is 0 Å². The number of aryl methyl sites for hydroxylation is 1. The second-order valence-corrected chi connectivity index (χ2v) is 7.24. The summed E-state index contributed by atoms with van der Waals surface area (Å²) in [6, 6.07) is 5.72. The lowest BCUT2D eigenvalue weighted by atomic mass is 10.00. The topological polar surface area (TPSA) is 103 Å². The van der Waals surface area contributed by atoms with Crippen molar-refractivity contribution in [3.05, 3.63) is 42.0 Å². The molecule has 0 radical (unpaired) electrons. The molecule has 1 aliphatic heterocycles. The van der Waals surface area contributed by atoms with Crippen molar-refractivity contribution in [1.29, 1.82) is 0 Å². The number of carbonyl (C=O) groups excluding carboxylic acids is 1. The fourth-order valence-corrected chi connectivity index (χ4v) is 3.56. The highest BCUT2D eigenvalue weighted by molar-refractivity contribution is 6.03. The second-order valence-electron chi connectivity index (χ2n) is 7.24. The molecule has 1 saturated heterocycles. The Bertz CT molecular complexity index is 970. The summed E-state index contributed by atoms with van der Waals surface area (Å²) in [6.45, 7) is 4.78. The summed E-state index contributed by atoms with van der Waals surface area (Å²) in [5, 5.41) is 22.6. The molecule has 1 aromatic carbocycles. The lowest BCUT2D eigenvalue weighted by Crippen LogP contribution is -2.32. The maximum Gasteiger partial charge on any atom is 0.277 e. The van der Waals surface area contributed by atoms with Crippen LogP contribution in [-0.2, 0) is 13.6 Å². The van der Waals surface area contributed by atoms with Crippen LogP contribution in [0, 0.1) is 12.8 Å². The van der Waals surface area contributed by atoms with E-state index in [2.05, 4.69) is 31.1 Å². The number of carbonyl (C=O) groups is 1. The summed E-state index contributed by atoms with van der Waals surface area (Å²) in [6.07, 6.45) is 5.71. The van der Waals surface area contributed by atoms with E-state index in [1.165, 1.54) is 12.8 Å². The van der Waals surface area contributed by atoms with Crippen molar-refractivity contribution >= 4 is 11.6 Å². The summed E-state index contributed by atoms with van der Waals surface area (Å²) >= 11 is 0. The number of hydrogen-bond acceptors (Lipinski definition) is 6. The molecule has 9 nitrogen and oxygen atoms in total. The number of piperidine rings is 1. The highest BCUT2D eigenvalue weighted by Gasteiger charge is 2.18. The Morgan fingerprint density at radius 2 is 2.25 bits per heavy atom. The standard InChI is InChI=1S/C19H24N8O/c1-13-15(18-24-21-12-26(18)2)6-3-7-16(13)22-19(28)17-11-27(25-23-17)10-14-5-4-8-20-9-14/h3,6-7,11-12,14,20H,4-5,8-10H2,1-2H3,(H,22,28). The minimum atomic E-state index is -0.272. The van der Waals surface area contributed by atoms with Crippen LogP contribution >= 0.6 is 0 Å². The number of rotatable bonds is 5. The van der Waals surface area contributed by atoms with Crippen LogP contribution in [0.5, 0.6) is 0 Å². The van der Waals surface area contributed by atoms with Crippen LogP contribution in [0.3, 0.4) is 0 Å². The molecule has 0 aliphatic carbocycles. The second kappa shape index (κ2) is 7.89. The van der Waals surface area contributed by atoms with Crippen LogP contribution in [0.2, 0.25) is 0 Å². The van der Waals surface area contributed by atoms with Crippen LogP contribution in [0.1, 0.15) is 28.9 Å². The van der Waals surface area contributed by atoms with Crippen LogP contribution in [0.15, 0.2) is 30.7 Å². The van der Waals surface area contributed by atoms with E-state index in [0.29, 0.717) is 11.6 Å². The van der Waals surface area contributed by atoms with E-state index < -0.39 is 0 Å². The van der Waals surface area contributed by atoms with E-state index in [4.69, 9.17) is 0 Å². The van der Waals surface area contributed by atoms with E-state index in [0.717, 1.165) is 42.3 Å². The smallest absolute Gasteiger partial charge is 0.277 e. The number of amides is 1. The van der Waals surface area contributed by atoms with Gasteiger partial charge >= 0.3 is 0 Å². The quantitative estimate of drug-likeness (QED) is 0.697. The molecular formula is C19H24N8O. The van der Waals surface area contributed by atoms with E-state index >= 15 is 0 Å². The van der Waals surface area contributed by atoms with Gasteiger partial charge in [0.05, 0.1) is 6.20 Å². The van der Waals surface area contributed by atoms with Crippen molar-refractivity contribution in [2.24, 2.45) is 13.0 Å². The first-order valence-electron chi connectivity index (χ1n) is 9.48. The molecule has 1 atom stereocenters. The Labute approximate surface area is 163 Å². The molecular weight excluding hydrogens is 356 g/mol. The summed E-state index contributed by atoms with van der Waals surface area (Å²) in [5.74, 6) is 1.00. The Hall–Kier alpha value is -3.07. The summed E-state index contributed by atoms with van der Waals surface area (Å²) in [5.41, 5.74) is 2.88. The van der Waals surface area contributed by atoms with Gasteiger partial charge in [-0.2, -0.15) is 0 Å². The van der Waals surface area contributed by atoms with Gasteiger partial charge < -0.3 is 15.2 Å². The van der Waals surface area contributed by atoms with Crippen molar-refractivity contribution in [1.82, 2.24) is 35.1 Å². The van der Waals surface area contributed by atoms with Gasteiger partial charge in [0, 0.05) is 24.8 Å². The summed E-state index contributed by atoms with van der Waals surface area (Å²) in [4.78, 5) is 12.7. The zero-order valence-corrected chi connectivity index (χ0v) is 16.1. The zero-order valence-electron chi connectivity index (χ0n) is 16.1. The van der Waals surface area contributed by atoms with Gasteiger partial charge in [-0.15, -0.1) is 15.3 Å². The maximum atomic E-state index is 12.7. The number of hydrogen-bond donors (Lipinski definition) is 2. The molecule has 2 N–H and O–H groups in total. The molecule has 1 amide bonds. The molecule has 0 saturated carbocycles. The van der Waals surface area contributed by atoms with Crippen molar-refractivity contribution in [2.75, 3.05) is 18.4 Å². The third-order valence-electron chi connectivity index (χ3n) is 5.15. The Kier molecular flexibility index (Phi) is 5.16. The number of anilines is 1. The largest absolute Gasteiger partial charge is 0.320 e. The SMILES string of the molecule is Cc1c(NC(=O)c2cn(CC3CCCNC3)nn2)cccc1-c1nncn1C. The first-order valence-corrected chi connectivity index (χ1v) is 9.48. The average molecular weight is 380 g/mol. The van der Waals surface area contributed by atoms with Gasteiger partial charge in [-0.05, 0) is 50.4 Å². The van der Waals surface area contributed by atoms with E-state index in [-0.39, 0.29) is 5.91 Å². The monoisotopic (exact) mass is 380 g/mol. The van der Waals surface area contributed by atoms with E-state index in [1.807, 2.05) is 36.7 Å². The van der Waals surface area contributed by atoms with Gasteiger partial charge in [0.2, 0.25) is 0 Å². The van der Waals surface area contributed by atoms with Crippen LogP contribution < -0.4 is 10.6 Å². The molecule has 28 heavy (non-hydrogen) atoms. The Balaban J connectivity index is 1.47. The predicted molar refractivity (Wildman–Crippen MR) is 105 cm³/mol. The fourth-order valence-electron chi connectivity index (χ4n) is 3.56. The Morgan fingerprint density at radius 3 is 3.00 bits per heavy atom. The Morgan fingerprint density at radius 1 is 1.36 bits per heavy atom. The van der Waals surface area contributed by atoms with E-state index in [9.17, 15) is 4.79 Å². The molecule has 3 aromatic rings. The minimum absolute atomic E-state index is 0.272. The molecule has 0 spiro atoms. The zero-order chi connectivity index (χ0) is 19.5. The first-order chi connectivity index (χ1) is 13.6. The van der Waals surface area contributed by atoms with Crippen LogP contribution in [0.4, 0.5) is 5.69 Å². The first kappa shape index (κ1) is 18.3. The van der Waals surface area contributed by atoms with Gasteiger partial charge in [0.15, 0.2) is 11.5 Å². The number of aromatic nitrogens is 6. The van der Waals surface area contributed by atoms with Gasteiger partial charge in [-0.3, -0.25) is 9.48 Å². The van der Waals surface area contributed by atoms with Crippen molar-refractivity contribution in [3.8, 4) is 11.4 Å². The number of benzene rings is 1. The average Bonchev–Trinajstić information content (AvgIpc) is 3.33. The lowest BCUT2D eigenvalue weighted by Gasteiger charge is -2.22. The third kappa shape index (κ3) is 3.79. The van der Waals surface area contributed by atoms with Crippen molar-refractivity contribution in [2.45, 2.75) is 26.3 Å². The molecule has 1 aliphatic rings. The lowest BCUT2D eigenvalue weighted by molar-refractivity contribution is 0.102. The number of nitrogens with one attached hydrogen (secondary N) is 2. The third-order valence-corrected chi connectivity index (χ3v) is 5.15. The predicted octanol–water partition coefficient (Wildman–Crippen LogP) is 1.63. The minimum Gasteiger partial charge on any atom is -0.320 e. The van der Waals surface area contributed by atoms with Crippen molar-refractivity contribution < 1.29 is 4.79 Å². The summed E-state index contributed by atoms with van der Waals surface area (Å²) < 4.78 is 3.61. The molecule has 1 fully saturated rings. The van der Waals surface area contributed by atoms with Gasteiger partial charge in [0.1, 0.15) is 6.33 Å². The molecule has 1 unspecified atom stereocenters. The normalized spacial score (nSPS) is 16.9. The van der Waals surface area contributed by atoms with Gasteiger partial charge in [0.25, 0.3) is 5.91 Å². The summed E-state index contributed by atoms with van der Waals surface area (Å²) in [7, 11) is 1.89. The van der Waals surface area contributed by atoms with Crippen molar-refractivity contribution in [3.63, 3.8) is 0 Å². The molecule has 3 heterocycles. The molecule has 4 rings (SSSR count). The van der Waals surface area contributed by atoms with Crippen LogP contribution in [0.25, 0.3) is 11.4 Å². The number of nitrogens with zero attached hydrogens (tertiary/aromatic N) is 6. The van der Waals surface area contributed by atoms with Crippen LogP contribution in [-0.4, -0.2) is 48.8 Å². The van der Waals surface area contributed by atoms with Gasteiger partial charge in [-0.1, -0.05) is 17.3 Å². The maximum absolute atomic E-state index is 12.7. The van der Waals surface area contributed by atoms with E-state index in [1.54, 1.807) is 17.2 Å². The molecule has 9 heteroatoms. The molecule has 146 valence electrons.